The van der Waals surface area contributed by atoms with E-state index < -0.39 is 17.4 Å². The highest BCUT2D eigenvalue weighted by molar-refractivity contribution is 6.35. The van der Waals surface area contributed by atoms with Gasteiger partial charge in [-0.2, -0.15) is 0 Å². The number of hydrogen-bond acceptors (Lipinski definition) is 2. The highest BCUT2D eigenvalue weighted by Crippen LogP contribution is 2.02. The van der Waals surface area contributed by atoms with Gasteiger partial charge < -0.3 is 10.6 Å². The van der Waals surface area contributed by atoms with Crippen molar-refractivity contribution >= 4 is 11.8 Å². The smallest absolute Gasteiger partial charge is 0.309 e. The largest absolute Gasteiger partial charge is 0.344 e. The molecular formula is C13H17FN2O2. The minimum absolute atomic E-state index is 0.191. The van der Waals surface area contributed by atoms with Crippen molar-refractivity contribution < 1.29 is 14.0 Å². The number of amides is 2. The standard InChI is InChI=1S/C13H17FN2O2/c1-13(2,3)16-12(18)11(17)15-8-9-4-6-10(14)7-5-9/h4-7H,8H2,1-3H3,(H,15,17)(H,16,18). The van der Waals surface area contributed by atoms with Crippen LogP contribution in [-0.2, 0) is 16.1 Å². The number of halogens is 1. The normalized spacial score (nSPS) is 10.9. The van der Waals surface area contributed by atoms with Crippen LogP contribution in [0.25, 0.3) is 0 Å². The van der Waals surface area contributed by atoms with Crippen LogP contribution in [0.1, 0.15) is 26.3 Å². The summed E-state index contributed by atoms with van der Waals surface area (Å²) in [6.45, 7) is 5.56. The van der Waals surface area contributed by atoms with Gasteiger partial charge in [-0.3, -0.25) is 9.59 Å². The summed E-state index contributed by atoms with van der Waals surface area (Å²) in [7, 11) is 0. The average Bonchev–Trinajstić information content (AvgIpc) is 2.25. The molecule has 0 fully saturated rings. The van der Waals surface area contributed by atoms with Gasteiger partial charge in [-0.1, -0.05) is 12.1 Å². The Morgan fingerprint density at radius 1 is 1.11 bits per heavy atom. The first-order chi connectivity index (χ1) is 8.28. The van der Waals surface area contributed by atoms with Crippen molar-refractivity contribution in [1.29, 1.82) is 0 Å². The van der Waals surface area contributed by atoms with Crippen molar-refractivity contribution in [3.8, 4) is 0 Å². The summed E-state index contributed by atoms with van der Waals surface area (Å²) in [5.41, 5.74) is 0.276. The van der Waals surface area contributed by atoms with E-state index in [1.54, 1.807) is 32.9 Å². The first-order valence-electron chi connectivity index (χ1n) is 5.63. The molecule has 5 heteroatoms. The van der Waals surface area contributed by atoms with Crippen molar-refractivity contribution in [3.05, 3.63) is 35.6 Å². The van der Waals surface area contributed by atoms with E-state index in [0.29, 0.717) is 0 Å². The van der Waals surface area contributed by atoms with Crippen LogP contribution < -0.4 is 10.6 Å². The zero-order chi connectivity index (χ0) is 13.8. The SMILES string of the molecule is CC(C)(C)NC(=O)C(=O)NCc1ccc(F)cc1. The number of carbonyl (C=O) groups is 2. The number of carbonyl (C=O) groups excluding carboxylic acids is 2. The van der Waals surface area contributed by atoms with Gasteiger partial charge in [0.05, 0.1) is 0 Å². The van der Waals surface area contributed by atoms with E-state index in [1.165, 1.54) is 12.1 Å². The van der Waals surface area contributed by atoms with Gasteiger partial charge in [-0.05, 0) is 38.5 Å². The lowest BCUT2D eigenvalue weighted by molar-refractivity contribution is -0.140. The minimum atomic E-state index is -0.700. The fraction of sp³-hybridized carbons (Fsp3) is 0.385. The Morgan fingerprint density at radius 3 is 2.17 bits per heavy atom. The first-order valence-corrected chi connectivity index (χ1v) is 5.63. The molecule has 0 radical (unpaired) electrons. The molecule has 2 N–H and O–H groups in total. The third kappa shape index (κ3) is 4.95. The van der Waals surface area contributed by atoms with Gasteiger partial charge in [0.2, 0.25) is 0 Å². The average molecular weight is 252 g/mol. The van der Waals surface area contributed by atoms with Crippen molar-refractivity contribution in [2.24, 2.45) is 0 Å². The van der Waals surface area contributed by atoms with Crippen LogP contribution in [0, 0.1) is 5.82 Å². The van der Waals surface area contributed by atoms with Gasteiger partial charge in [0.25, 0.3) is 0 Å². The molecule has 18 heavy (non-hydrogen) atoms. The Kier molecular flexibility index (Phi) is 4.42. The number of rotatable bonds is 2. The molecule has 4 nitrogen and oxygen atoms in total. The van der Waals surface area contributed by atoms with Crippen molar-refractivity contribution in [2.45, 2.75) is 32.9 Å². The Balaban J connectivity index is 2.46. The monoisotopic (exact) mass is 252 g/mol. The van der Waals surface area contributed by atoms with E-state index in [9.17, 15) is 14.0 Å². The number of hydrogen-bond donors (Lipinski definition) is 2. The molecule has 0 heterocycles. The topological polar surface area (TPSA) is 58.2 Å². The van der Waals surface area contributed by atoms with E-state index in [-0.39, 0.29) is 12.4 Å². The molecule has 0 aromatic heterocycles. The van der Waals surface area contributed by atoms with Gasteiger partial charge in [0.1, 0.15) is 5.82 Å². The van der Waals surface area contributed by atoms with E-state index in [1.807, 2.05) is 0 Å². The minimum Gasteiger partial charge on any atom is -0.344 e. The van der Waals surface area contributed by atoms with E-state index in [0.717, 1.165) is 5.56 Å². The molecule has 0 atom stereocenters. The summed E-state index contributed by atoms with van der Waals surface area (Å²) in [4.78, 5) is 22.9. The lowest BCUT2D eigenvalue weighted by Gasteiger charge is -2.19. The van der Waals surface area contributed by atoms with Crippen LogP contribution in [-0.4, -0.2) is 17.4 Å². The van der Waals surface area contributed by atoms with Crippen LogP contribution in [0.2, 0.25) is 0 Å². The highest BCUT2D eigenvalue weighted by atomic mass is 19.1. The van der Waals surface area contributed by atoms with Crippen LogP contribution in [0.15, 0.2) is 24.3 Å². The Morgan fingerprint density at radius 2 is 1.67 bits per heavy atom. The summed E-state index contributed by atoms with van der Waals surface area (Å²) in [6.07, 6.45) is 0. The second-order valence-electron chi connectivity index (χ2n) is 5.01. The van der Waals surface area contributed by atoms with E-state index in [2.05, 4.69) is 10.6 Å². The lowest BCUT2D eigenvalue weighted by Crippen LogP contribution is -2.48. The third-order valence-corrected chi connectivity index (χ3v) is 2.06. The van der Waals surface area contributed by atoms with Crippen LogP contribution in [0.3, 0.4) is 0 Å². The maximum Gasteiger partial charge on any atom is 0.309 e. The highest BCUT2D eigenvalue weighted by Gasteiger charge is 2.19. The molecule has 1 rings (SSSR count). The molecule has 0 aliphatic carbocycles. The fourth-order valence-electron chi connectivity index (χ4n) is 1.26. The third-order valence-electron chi connectivity index (χ3n) is 2.06. The fourth-order valence-corrected chi connectivity index (χ4v) is 1.26. The predicted molar refractivity (Wildman–Crippen MR) is 66.1 cm³/mol. The van der Waals surface area contributed by atoms with Gasteiger partial charge in [-0.15, -0.1) is 0 Å². The van der Waals surface area contributed by atoms with Crippen molar-refractivity contribution in [1.82, 2.24) is 10.6 Å². The second kappa shape index (κ2) is 5.62. The molecule has 1 aromatic rings. The summed E-state index contributed by atoms with van der Waals surface area (Å²) < 4.78 is 12.6. The molecular weight excluding hydrogens is 235 g/mol. The van der Waals surface area contributed by atoms with Crippen molar-refractivity contribution in [3.63, 3.8) is 0 Å². The summed E-state index contributed by atoms with van der Waals surface area (Å²) in [5.74, 6) is -1.71. The Labute approximate surface area is 106 Å². The quantitative estimate of drug-likeness (QED) is 0.781. The Bertz CT molecular complexity index is 435. The first kappa shape index (κ1) is 14.2. The second-order valence-corrected chi connectivity index (χ2v) is 5.01. The Hall–Kier alpha value is -1.91. The molecule has 0 aliphatic rings. The summed E-state index contributed by atoms with van der Waals surface area (Å²) >= 11 is 0. The zero-order valence-corrected chi connectivity index (χ0v) is 10.7. The number of benzene rings is 1. The molecule has 2 amide bonds. The van der Waals surface area contributed by atoms with E-state index >= 15 is 0 Å². The molecule has 0 aliphatic heterocycles. The summed E-state index contributed by atoms with van der Waals surface area (Å²) in [6, 6.07) is 5.71. The maximum absolute atomic E-state index is 12.6. The van der Waals surface area contributed by atoms with E-state index in [4.69, 9.17) is 0 Å². The maximum atomic E-state index is 12.6. The molecule has 1 aromatic carbocycles. The molecule has 0 spiro atoms. The van der Waals surface area contributed by atoms with Crippen LogP contribution >= 0.6 is 0 Å². The number of nitrogens with one attached hydrogen (secondary N) is 2. The van der Waals surface area contributed by atoms with Crippen molar-refractivity contribution in [2.75, 3.05) is 0 Å². The van der Waals surface area contributed by atoms with Crippen LogP contribution in [0.5, 0.6) is 0 Å². The summed E-state index contributed by atoms with van der Waals surface area (Å²) in [5, 5.41) is 5.02. The lowest BCUT2D eigenvalue weighted by atomic mass is 10.1. The van der Waals surface area contributed by atoms with Gasteiger partial charge in [0.15, 0.2) is 0 Å². The molecule has 0 unspecified atom stereocenters. The zero-order valence-electron chi connectivity index (χ0n) is 10.7. The molecule has 98 valence electrons. The molecule has 0 bridgehead atoms. The van der Waals surface area contributed by atoms with Gasteiger partial charge >= 0.3 is 11.8 Å². The molecule has 0 saturated heterocycles. The van der Waals surface area contributed by atoms with Crippen LogP contribution in [0.4, 0.5) is 4.39 Å². The molecule has 0 saturated carbocycles. The van der Waals surface area contributed by atoms with Gasteiger partial charge in [0, 0.05) is 12.1 Å². The van der Waals surface area contributed by atoms with Gasteiger partial charge in [-0.25, -0.2) is 4.39 Å². The predicted octanol–water partition coefficient (Wildman–Crippen LogP) is 1.36.